The molecule has 0 radical (unpaired) electrons. The maximum Gasteiger partial charge on any atom is 0.177 e. The number of aromatic nitrogens is 3. The molecule has 0 unspecified atom stereocenters. The number of hydrogen-bond donors (Lipinski definition) is 0. The molecule has 0 bridgehead atoms. The Kier molecular flexibility index (Phi) is 2.69. The van der Waals surface area contributed by atoms with E-state index in [0.29, 0.717) is 11.8 Å². The topological polar surface area (TPSA) is 30.7 Å². The van der Waals surface area contributed by atoms with Gasteiger partial charge in [-0.25, -0.2) is 9.97 Å². The molecule has 2 heterocycles. The summed E-state index contributed by atoms with van der Waals surface area (Å²) in [4.78, 5) is 9.10. The number of halogens is 1. The second-order valence-electron chi connectivity index (χ2n) is 5.24. The highest BCUT2D eigenvalue weighted by Crippen LogP contribution is 2.40. The number of hydrogen-bond acceptors (Lipinski definition) is 2. The smallest absolute Gasteiger partial charge is 0.177 e. The number of rotatable bonds is 3. The molecular formula is C13H16BrN3. The molecule has 3 nitrogen and oxygen atoms in total. The standard InChI is InChI=1S/C13H16BrN3/c1-8(2)7-17-11-5-10(14)6-15-12(11)16-13(17)9-3-4-9/h5-6,8-9H,3-4,7H2,1-2H3. The summed E-state index contributed by atoms with van der Waals surface area (Å²) in [5, 5.41) is 0. The molecule has 0 atom stereocenters. The van der Waals surface area contributed by atoms with E-state index in [1.54, 1.807) is 0 Å². The molecule has 1 saturated carbocycles. The van der Waals surface area contributed by atoms with Gasteiger partial charge in [-0.3, -0.25) is 0 Å². The summed E-state index contributed by atoms with van der Waals surface area (Å²) in [6.07, 6.45) is 4.39. The molecule has 0 amide bonds. The summed E-state index contributed by atoms with van der Waals surface area (Å²) in [6, 6.07) is 2.13. The third kappa shape index (κ3) is 2.10. The van der Waals surface area contributed by atoms with E-state index in [9.17, 15) is 0 Å². The van der Waals surface area contributed by atoms with Crippen molar-refractivity contribution in [3.8, 4) is 0 Å². The lowest BCUT2D eigenvalue weighted by molar-refractivity contribution is 0.517. The fourth-order valence-corrected chi connectivity index (χ4v) is 2.53. The summed E-state index contributed by atoms with van der Waals surface area (Å²) < 4.78 is 3.38. The van der Waals surface area contributed by atoms with Gasteiger partial charge in [-0.2, -0.15) is 0 Å². The fraction of sp³-hybridized carbons (Fsp3) is 0.538. The van der Waals surface area contributed by atoms with Gasteiger partial charge in [0.15, 0.2) is 5.65 Å². The summed E-state index contributed by atoms with van der Waals surface area (Å²) >= 11 is 3.49. The summed E-state index contributed by atoms with van der Waals surface area (Å²) in [5.41, 5.74) is 2.05. The molecule has 0 N–H and O–H groups in total. The number of nitrogens with zero attached hydrogens (tertiary/aromatic N) is 3. The van der Waals surface area contributed by atoms with Crippen molar-refractivity contribution in [2.45, 2.75) is 39.2 Å². The zero-order valence-corrected chi connectivity index (χ0v) is 11.7. The van der Waals surface area contributed by atoms with Crippen molar-refractivity contribution >= 4 is 27.1 Å². The molecule has 3 rings (SSSR count). The van der Waals surface area contributed by atoms with Crippen molar-refractivity contribution in [2.75, 3.05) is 0 Å². The minimum atomic E-state index is 0.629. The maximum atomic E-state index is 4.70. The molecule has 90 valence electrons. The van der Waals surface area contributed by atoms with Gasteiger partial charge in [-0.15, -0.1) is 0 Å². The van der Waals surface area contributed by atoms with Gasteiger partial charge in [0.2, 0.25) is 0 Å². The van der Waals surface area contributed by atoms with Crippen LogP contribution in [-0.4, -0.2) is 14.5 Å². The van der Waals surface area contributed by atoms with Gasteiger partial charge in [0, 0.05) is 23.1 Å². The highest BCUT2D eigenvalue weighted by molar-refractivity contribution is 9.10. The molecule has 2 aromatic heterocycles. The summed E-state index contributed by atoms with van der Waals surface area (Å²) in [5.74, 6) is 2.53. The van der Waals surface area contributed by atoms with E-state index < -0.39 is 0 Å². The molecular weight excluding hydrogens is 278 g/mol. The Bertz CT molecular complexity index is 555. The predicted molar refractivity (Wildman–Crippen MR) is 72.0 cm³/mol. The zero-order chi connectivity index (χ0) is 12.0. The van der Waals surface area contributed by atoms with Crippen LogP contribution >= 0.6 is 15.9 Å². The van der Waals surface area contributed by atoms with Crippen molar-refractivity contribution in [1.29, 1.82) is 0 Å². The minimum absolute atomic E-state index is 0.629. The average molecular weight is 294 g/mol. The number of pyridine rings is 1. The third-order valence-electron chi connectivity index (χ3n) is 3.09. The van der Waals surface area contributed by atoms with Gasteiger partial charge in [-0.1, -0.05) is 13.8 Å². The monoisotopic (exact) mass is 293 g/mol. The molecule has 0 aromatic carbocycles. The van der Waals surface area contributed by atoms with Crippen molar-refractivity contribution in [3.05, 3.63) is 22.6 Å². The first kappa shape index (κ1) is 11.2. The Labute approximate surface area is 109 Å². The molecule has 4 heteroatoms. The van der Waals surface area contributed by atoms with E-state index in [1.807, 2.05) is 6.20 Å². The first-order valence-corrected chi connectivity index (χ1v) is 6.96. The largest absolute Gasteiger partial charge is 0.326 e. The van der Waals surface area contributed by atoms with Gasteiger partial charge < -0.3 is 4.57 Å². The average Bonchev–Trinajstić information content (AvgIpc) is 3.04. The highest BCUT2D eigenvalue weighted by Gasteiger charge is 2.30. The Morgan fingerprint density at radius 1 is 1.47 bits per heavy atom. The van der Waals surface area contributed by atoms with E-state index in [4.69, 9.17) is 4.98 Å². The van der Waals surface area contributed by atoms with Gasteiger partial charge in [0.05, 0.1) is 5.52 Å². The number of fused-ring (bicyclic) bond motifs is 1. The molecule has 0 spiro atoms. The molecule has 1 fully saturated rings. The zero-order valence-electron chi connectivity index (χ0n) is 10.2. The molecule has 0 saturated heterocycles. The normalized spacial score (nSPS) is 16.0. The van der Waals surface area contributed by atoms with Crippen molar-refractivity contribution in [1.82, 2.24) is 14.5 Å². The summed E-state index contributed by atoms with van der Waals surface area (Å²) in [7, 11) is 0. The van der Waals surface area contributed by atoms with Gasteiger partial charge in [-0.05, 0) is 40.8 Å². The first-order valence-electron chi connectivity index (χ1n) is 6.17. The Morgan fingerprint density at radius 3 is 2.88 bits per heavy atom. The molecule has 0 aliphatic heterocycles. The van der Waals surface area contributed by atoms with Crippen molar-refractivity contribution < 1.29 is 0 Å². The van der Waals surface area contributed by atoms with Crippen LogP contribution in [0.15, 0.2) is 16.7 Å². The van der Waals surface area contributed by atoms with Gasteiger partial charge in [0.1, 0.15) is 5.82 Å². The first-order chi connectivity index (χ1) is 8.15. The Balaban J connectivity index is 2.17. The lowest BCUT2D eigenvalue weighted by Crippen LogP contribution is -2.07. The van der Waals surface area contributed by atoms with E-state index in [0.717, 1.165) is 22.2 Å². The Hall–Kier alpha value is -0.900. The van der Waals surface area contributed by atoms with E-state index in [1.165, 1.54) is 18.7 Å². The number of imidazole rings is 1. The minimum Gasteiger partial charge on any atom is -0.326 e. The van der Waals surface area contributed by atoms with Gasteiger partial charge >= 0.3 is 0 Å². The predicted octanol–water partition coefficient (Wildman–Crippen LogP) is 3.73. The van der Waals surface area contributed by atoms with Crippen molar-refractivity contribution in [3.63, 3.8) is 0 Å². The van der Waals surface area contributed by atoms with Crippen LogP contribution in [0.3, 0.4) is 0 Å². The van der Waals surface area contributed by atoms with Crippen LogP contribution in [-0.2, 0) is 6.54 Å². The molecule has 1 aliphatic rings. The SMILES string of the molecule is CC(C)Cn1c(C2CC2)nc2ncc(Br)cc21. The maximum absolute atomic E-state index is 4.70. The van der Waals surface area contributed by atoms with Crippen LogP contribution in [0.1, 0.15) is 38.4 Å². The van der Waals surface area contributed by atoms with Crippen LogP contribution in [0.4, 0.5) is 0 Å². The lowest BCUT2D eigenvalue weighted by atomic mass is 10.2. The quantitative estimate of drug-likeness (QED) is 0.863. The van der Waals surface area contributed by atoms with Crippen LogP contribution in [0, 0.1) is 5.92 Å². The van der Waals surface area contributed by atoms with Crippen LogP contribution in [0.2, 0.25) is 0 Å². The van der Waals surface area contributed by atoms with Crippen LogP contribution < -0.4 is 0 Å². The molecule has 1 aliphatic carbocycles. The summed E-state index contributed by atoms with van der Waals surface area (Å²) in [6.45, 7) is 5.52. The van der Waals surface area contributed by atoms with E-state index in [2.05, 4.69) is 45.4 Å². The second-order valence-corrected chi connectivity index (χ2v) is 6.16. The third-order valence-corrected chi connectivity index (χ3v) is 3.53. The second kappa shape index (κ2) is 4.09. The molecule has 2 aromatic rings. The van der Waals surface area contributed by atoms with Crippen LogP contribution in [0.5, 0.6) is 0 Å². The fourth-order valence-electron chi connectivity index (χ4n) is 2.21. The Morgan fingerprint density at radius 2 is 2.24 bits per heavy atom. The molecule has 17 heavy (non-hydrogen) atoms. The van der Waals surface area contributed by atoms with E-state index in [-0.39, 0.29) is 0 Å². The van der Waals surface area contributed by atoms with Crippen molar-refractivity contribution in [2.24, 2.45) is 5.92 Å². The van der Waals surface area contributed by atoms with E-state index >= 15 is 0 Å². The highest BCUT2D eigenvalue weighted by atomic mass is 79.9. The van der Waals surface area contributed by atoms with Gasteiger partial charge in [0.25, 0.3) is 0 Å². The lowest BCUT2D eigenvalue weighted by Gasteiger charge is -2.11. The van der Waals surface area contributed by atoms with Crippen LogP contribution in [0.25, 0.3) is 11.2 Å².